The van der Waals surface area contributed by atoms with E-state index < -0.39 is 0 Å². The molecule has 2 rings (SSSR count). The molecule has 2 aromatic rings. The predicted molar refractivity (Wildman–Crippen MR) is 65.7 cm³/mol. The molecule has 0 saturated carbocycles. The van der Waals surface area contributed by atoms with Gasteiger partial charge < -0.3 is 0 Å². The van der Waals surface area contributed by atoms with Gasteiger partial charge in [-0.1, -0.05) is 0 Å². The van der Waals surface area contributed by atoms with Crippen molar-refractivity contribution in [3.63, 3.8) is 0 Å². The van der Waals surface area contributed by atoms with Crippen molar-refractivity contribution in [2.75, 3.05) is 13.2 Å². The van der Waals surface area contributed by atoms with E-state index in [2.05, 4.69) is 39.9 Å². The molecule has 0 saturated heterocycles. The zero-order valence-electron chi connectivity index (χ0n) is 9.50. The van der Waals surface area contributed by atoms with Crippen LogP contribution in [0.1, 0.15) is 11.1 Å². The van der Waals surface area contributed by atoms with E-state index in [9.17, 15) is 0 Å². The molecule has 0 aliphatic carbocycles. The maximum absolute atomic E-state index is 9.07. The van der Waals surface area contributed by atoms with Crippen LogP contribution in [0.25, 0.3) is 10.8 Å². The molecule has 0 aliphatic rings. The summed E-state index contributed by atoms with van der Waals surface area (Å²) >= 11 is 2.04. The average molecular weight is 408 g/mol. The predicted octanol–water partition coefficient (Wildman–Crippen LogP) is 2.65. The summed E-state index contributed by atoms with van der Waals surface area (Å²) in [7, 11) is 0. The van der Waals surface area contributed by atoms with Gasteiger partial charge in [-0.2, -0.15) is 0 Å². The van der Waals surface area contributed by atoms with Crippen LogP contribution in [-0.2, 0) is 32.5 Å². The van der Waals surface area contributed by atoms with Crippen LogP contribution in [0, 0.1) is 0 Å². The molecule has 0 radical (unpaired) electrons. The summed E-state index contributed by atoms with van der Waals surface area (Å²) in [6.45, 7) is 1.05. The summed E-state index contributed by atoms with van der Waals surface area (Å²) in [6, 6.07) is 12.7. The summed E-state index contributed by atoms with van der Waals surface area (Å²) in [6.07, 6.45) is 1.70. The molecular formula is C14H15NOPt. The molecule has 0 amide bonds. The molecule has 3 heteroatoms. The Morgan fingerprint density at radius 1 is 0.941 bits per heavy atom. The third kappa shape index (κ3) is 2.88. The molecule has 0 spiro atoms. The van der Waals surface area contributed by atoms with E-state index in [1.165, 1.54) is 21.9 Å². The second-order valence-electron chi connectivity index (χ2n) is 3.98. The fourth-order valence-electron chi connectivity index (χ4n) is 2.14. The number of benzene rings is 2. The second-order valence-corrected chi connectivity index (χ2v) is 4.70. The molecule has 0 aromatic heterocycles. The van der Waals surface area contributed by atoms with E-state index in [1.807, 2.05) is 19.6 Å². The molecule has 0 fully saturated rings. The normalized spacial score (nSPS) is 10.8. The Bertz CT molecular complexity index is 525. The van der Waals surface area contributed by atoms with Gasteiger partial charge in [-0.15, -0.1) is 0 Å². The number of rotatable bonds is 5. The van der Waals surface area contributed by atoms with Gasteiger partial charge in [0.15, 0.2) is 0 Å². The van der Waals surface area contributed by atoms with Gasteiger partial charge in [-0.3, -0.25) is 0 Å². The van der Waals surface area contributed by atoms with E-state index in [4.69, 9.17) is 5.11 Å². The van der Waals surface area contributed by atoms with E-state index in [0.29, 0.717) is 0 Å². The van der Waals surface area contributed by atoms with Crippen LogP contribution in [0.15, 0.2) is 39.9 Å². The molecule has 0 heterocycles. The molecule has 2 aromatic carbocycles. The van der Waals surface area contributed by atoms with Crippen molar-refractivity contribution < 1.29 is 24.7 Å². The fraction of sp³-hybridized carbons (Fsp3) is 0.286. The van der Waals surface area contributed by atoms with Crippen LogP contribution in [0.2, 0.25) is 0 Å². The second kappa shape index (κ2) is 6.18. The Kier molecular flexibility index (Phi) is 4.58. The van der Waals surface area contributed by atoms with Crippen molar-refractivity contribution in [2.24, 2.45) is 3.50 Å². The summed E-state index contributed by atoms with van der Waals surface area (Å²) in [5, 5.41) is 11.6. The molecule has 2 nitrogen and oxygen atoms in total. The molecule has 0 atom stereocenters. The third-order valence-electron chi connectivity index (χ3n) is 2.94. The number of hydrogen-bond donors (Lipinski definition) is 1. The Morgan fingerprint density at radius 3 is 2.06 bits per heavy atom. The first kappa shape index (κ1) is 12.6. The summed E-state index contributed by atoms with van der Waals surface area (Å²) in [5.74, 6) is 0. The standard InChI is InChI=1S/C14H15NO.Pt/c15-9-7-11-5-6-12(8-10-16)14-4-2-1-3-13(11)14;/h1-6,16H,7-10H2;. The number of aliphatic hydroxyl groups is 1. The van der Waals surface area contributed by atoms with Crippen LogP contribution >= 0.6 is 0 Å². The monoisotopic (exact) mass is 408 g/mol. The molecular weight excluding hydrogens is 393 g/mol. The van der Waals surface area contributed by atoms with Gasteiger partial charge in [0.1, 0.15) is 0 Å². The van der Waals surface area contributed by atoms with E-state index >= 15 is 0 Å². The number of fused-ring (bicyclic) bond motifs is 1. The van der Waals surface area contributed by atoms with Crippen molar-refractivity contribution in [3.05, 3.63) is 47.5 Å². The molecule has 0 unspecified atom stereocenters. The Morgan fingerprint density at radius 2 is 1.53 bits per heavy atom. The quantitative estimate of drug-likeness (QED) is 0.811. The van der Waals surface area contributed by atoms with E-state index in [1.54, 1.807) is 0 Å². The average Bonchev–Trinajstić information content (AvgIpc) is 2.38. The minimum atomic E-state index is 0.201. The van der Waals surface area contributed by atoms with Crippen LogP contribution in [-0.4, -0.2) is 18.3 Å². The number of hydrogen-bond acceptors (Lipinski definition) is 2. The maximum atomic E-state index is 9.07. The van der Waals surface area contributed by atoms with Crippen molar-refractivity contribution in [3.8, 4) is 0 Å². The van der Waals surface area contributed by atoms with E-state index in [-0.39, 0.29) is 6.61 Å². The number of aliphatic hydroxyl groups excluding tert-OH is 1. The fourth-order valence-corrected chi connectivity index (χ4v) is 2.39. The topological polar surface area (TPSA) is 32.6 Å². The zero-order chi connectivity index (χ0) is 12.1. The minimum absolute atomic E-state index is 0.201. The first-order valence-corrected chi connectivity index (χ1v) is 6.74. The first-order valence-electron chi connectivity index (χ1n) is 5.72. The third-order valence-corrected chi connectivity index (χ3v) is 3.45. The summed E-state index contributed by atoms with van der Waals surface area (Å²) in [4.78, 5) is 0. The molecule has 17 heavy (non-hydrogen) atoms. The Hall–Kier alpha value is -0.852. The van der Waals surface area contributed by atoms with Crippen molar-refractivity contribution in [2.45, 2.75) is 12.8 Å². The Labute approximate surface area is 112 Å². The van der Waals surface area contributed by atoms with Crippen LogP contribution < -0.4 is 0 Å². The summed E-state index contributed by atoms with van der Waals surface area (Å²) in [5.41, 5.74) is 2.56. The Balaban J connectivity index is 2.49. The van der Waals surface area contributed by atoms with Gasteiger partial charge in [0, 0.05) is 0 Å². The van der Waals surface area contributed by atoms with Gasteiger partial charge >= 0.3 is 113 Å². The molecule has 1 N–H and O–H groups in total. The number of nitrogens with zero attached hydrogens (tertiary/aromatic N) is 1. The van der Waals surface area contributed by atoms with Crippen molar-refractivity contribution in [1.29, 1.82) is 0 Å². The summed E-state index contributed by atoms with van der Waals surface area (Å²) < 4.78 is 4.13. The molecule has 0 bridgehead atoms. The van der Waals surface area contributed by atoms with Crippen LogP contribution in [0.3, 0.4) is 0 Å². The van der Waals surface area contributed by atoms with Crippen LogP contribution in [0.5, 0.6) is 0 Å². The SMILES string of the molecule is OCCc1ccc(CC[N]=[Pt])c2ccccc12. The molecule has 0 aliphatic heterocycles. The van der Waals surface area contributed by atoms with Crippen LogP contribution in [0.4, 0.5) is 0 Å². The van der Waals surface area contributed by atoms with Gasteiger partial charge in [0.25, 0.3) is 0 Å². The van der Waals surface area contributed by atoms with Gasteiger partial charge in [-0.25, -0.2) is 0 Å². The van der Waals surface area contributed by atoms with Gasteiger partial charge in [-0.05, 0) is 0 Å². The first-order chi connectivity index (χ1) is 8.36. The van der Waals surface area contributed by atoms with Gasteiger partial charge in [0.2, 0.25) is 0 Å². The van der Waals surface area contributed by atoms with E-state index in [0.717, 1.165) is 19.4 Å². The van der Waals surface area contributed by atoms with Crippen molar-refractivity contribution in [1.82, 2.24) is 0 Å². The van der Waals surface area contributed by atoms with Gasteiger partial charge in [0.05, 0.1) is 0 Å². The molecule has 92 valence electrons. The zero-order valence-corrected chi connectivity index (χ0v) is 11.8. The van der Waals surface area contributed by atoms with Crippen molar-refractivity contribution >= 4 is 10.8 Å².